The summed E-state index contributed by atoms with van der Waals surface area (Å²) in [6.07, 6.45) is 6.11. The Morgan fingerprint density at radius 2 is 2.38 bits per heavy atom. The number of aromatic nitrogens is 2. The molecule has 88 valence electrons. The van der Waals surface area contributed by atoms with E-state index < -0.39 is 0 Å². The number of ether oxygens (including phenoxy) is 1. The highest BCUT2D eigenvalue weighted by Gasteiger charge is 2.24. The van der Waals surface area contributed by atoms with E-state index in [0.717, 1.165) is 29.3 Å². The Balaban J connectivity index is 2.20. The highest BCUT2D eigenvalue weighted by atomic mass is 127. The molecule has 0 N–H and O–H groups in total. The summed E-state index contributed by atoms with van der Waals surface area (Å²) < 4.78 is 7.85. The largest absolute Gasteiger partial charge is 0.381 e. The molecule has 1 heterocycles. The zero-order chi connectivity index (χ0) is 11.5. The van der Waals surface area contributed by atoms with Gasteiger partial charge < -0.3 is 4.74 Å². The topological polar surface area (TPSA) is 44.1 Å². The van der Waals surface area contributed by atoms with Gasteiger partial charge in [-0.2, -0.15) is 5.10 Å². The maximum atomic E-state index is 11.8. The van der Waals surface area contributed by atoms with Crippen LogP contribution in [0.1, 0.15) is 31.7 Å². The molecule has 0 saturated heterocycles. The van der Waals surface area contributed by atoms with Gasteiger partial charge in [-0.15, -0.1) is 0 Å². The van der Waals surface area contributed by atoms with E-state index in [1.54, 1.807) is 24.1 Å². The molecule has 5 heteroatoms. The van der Waals surface area contributed by atoms with Crippen molar-refractivity contribution in [1.29, 1.82) is 0 Å². The summed E-state index contributed by atoms with van der Waals surface area (Å²) in [6, 6.07) is 1.83. The maximum Gasteiger partial charge on any atom is 0.268 e. The Hall–Kier alpha value is -0.430. The van der Waals surface area contributed by atoms with Gasteiger partial charge in [0.25, 0.3) is 5.56 Å². The van der Waals surface area contributed by atoms with Gasteiger partial charge >= 0.3 is 0 Å². The average Bonchev–Trinajstić information content (AvgIpc) is 2.29. The predicted molar refractivity (Wildman–Crippen MR) is 69.5 cm³/mol. The first-order valence-electron chi connectivity index (χ1n) is 5.48. The van der Waals surface area contributed by atoms with E-state index in [0.29, 0.717) is 0 Å². The molecular weight excluding hydrogens is 319 g/mol. The summed E-state index contributed by atoms with van der Waals surface area (Å²) in [4.78, 5) is 11.8. The first-order chi connectivity index (χ1) is 7.70. The van der Waals surface area contributed by atoms with Crippen molar-refractivity contribution >= 4 is 22.6 Å². The molecule has 1 aliphatic carbocycles. The Labute approximate surface area is 108 Å². The molecule has 1 fully saturated rings. The lowest BCUT2D eigenvalue weighted by molar-refractivity contribution is 0.0498. The molecule has 0 bridgehead atoms. The SMILES string of the molecule is COC1CCCC(n2ncc(I)cc2=O)C1. The van der Waals surface area contributed by atoms with E-state index in [1.165, 1.54) is 0 Å². The molecule has 1 aromatic heterocycles. The fraction of sp³-hybridized carbons (Fsp3) is 0.636. The lowest BCUT2D eigenvalue weighted by atomic mass is 9.93. The van der Waals surface area contributed by atoms with Gasteiger partial charge in [0, 0.05) is 16.7 Å². The summed E-state index contributed by atoms with van der Waals surface area (Å²) in [5.74, 6) is 0. The molecule has 1 aliphatic rings. The molecule has 4 nitrogen and oxygen atoms in total. The van der Waals surface area contributed by atoms with Crippen molar-refractivity contribution in [1.82, 2.24) is 9.78 Å². The summed E-state index contributed by atoms with van der Waals surface area (Å²) in [5.41, 5.74) is -0.00588. The maximum absolute atomic E-state index is 11.8. The van der Waals surface area contributed by atoms with Crippen LogP contribution >= 0.6 is 22.6 Å². The standard InChI is InChI=1S/C11H15IN2O2/c1-16-10-4-2-3-9(6-10)14-11(15)5-8(12)7-13-14/h5,7,9-10H,2-4,6H2,1H3. The highest BCUT2D eigenvalue weighted by Crippen LogP contribution is 2.28. The third-order valence-corrected chi connectivity index (χ3v) is 3.66. The van der Waals surface area contributed by atoms with Gasteiger partial charge in [0.2, 0.25) is 0 Å². The Kier molecular flexibility index (Phi) is 3.96. The third kappa shape index (κ3) is 2.63. The van der Waals surface area contributed by atoms with Crippen LogP contribution in [0.5, 0.6) is 0 Å². The van der Waals surface area contributed by atoms with Crippen molar-refractivity contribution in [3.63, 3.8) is 0 Å². The lowest BCUT2D eigenvalue weighted by Crippen LogP contribution is -2.32. The molecule has 0 radical (unpaired) electrons. The predicted octanol–water partition coefficient (Wildman–Crippen LogP) is 1.98. The third-order valence-electron chi connectivity index (χ3n) is 3.07. The van der Waals surface area contributed by atoms with Crippen molar-refractivity contribution < 1.29 is 4.74 Å². The van der Waals surface area contributed by atoms with Crippen LogP contribution in [-0.4, -0.2) is 23.0 Å². The number of nitrogens with zero attached hydrogens (tertiary/aromatic N) is 2. The molecule has 1 saturated carbocycles. The molecule has 16 heavy (non-hydrogen) atoms. The van der Waals surface area contributed by atoms with Crippen LogP contribution < -0.4 is 5.56 Å². The number of hydrogen-bond donors (Lipinski definition) is 0. The smallest absolute Gasteiger partial charge is 0.268 e. The molecule has 2 rings (SSSR count). The lowest BCUT2D eigenvalue weighted by Gasteiger charge is -2.28. The van der Waals surface area contributed by atoms with Gasteiger partial charge in [-0.3, -0.25) is 4.79 Å². The van der Waals surface area contributed by atoms with Crippen molar-refractivity contribution in [2.24, 2.45) is 0 Å². The Bertz CT molecular complexity index is 419. The van der Waals surface area contributed by atoms with E-state index >= 15 is 0 Å². The van der Waals surface area contributed by atoms with Crippen LogP contribution in [0.15, 0.2) is 17.1 Å². The van der Waals surface area contributed by atoms with Gasteiger partial charge in [-0.05, 0) is 48.3 Å². The fourth-order valence-corrected chi connectivity index (χ4v) is 2.62. The van der Waals surface area contributed by atoms with E-state index in [9.17, 15) is 4.79 Å². The van der Waals surface area contributed by atoms with E-state index in [4.69, 9.17) is 4.74 Å². The summed E-state index contributed by atoms with van der Waals surface area (Å²) in [6.45, 7) is 0. The van der Waals surface area contributed by atoms with Crippen LogP contribution in [0.25, 0.3) is 0 Å². The summed E-state index contributed by atoms with van der Waals surface area (Å²) >= 11 is 2.10. The van der Waals surface area contributed by atoms with E-state index in [2.05, 4.69) is 27.7 Å². The molecule has 0 amide bonds. The minimum absolute atomic E-state index is 0.00588. The van der Waals surface area contributed by atoms with Crippen LogP contribution in [0, 0.1) is 3.57 Å². The van der Waals surface area contributed by atoms with Crippen LogP contribution in [-0.2, 0) is 4.74 Å². The van der Waals surface area contributed by atoms with Crippen molar-refractivity contribution in [3.05, 3.63) is 26.2 Å². The normalized spacial score (nSPS) is 25.6. The van der Waals surface area contributed by atoms with Gasteiger partial charge in [0.05, 0.1) is 18.3 Å². The number of rotatable bonds is 2. The molecule has 2 unspecified atom stereocenters. The number of halogens is 1. The first-order valence-corrected chi connectivity index (χ1v) is 6.55. The number of hydrogen-bond acceptors (Lipinski definition) is 3. The number of methoxy groups -OCH3 is 1. The monoisotopic (exact) mass is 334 g/mol. The van der Waals surface area contributed by atoms with Crippen LogP contribution in [0.2, 0.25) is 0 Å². The van der Waals surface area contributed by atoms with Gasteiger partial charge in [-0.1, -0.05) is 0 Å². The summed E-state index contributed by atoms with van der Waals surface area (Å²) in [7, 11) is 1.73. The molecule has 0 aromatic carbocycles. The summed E-state index contributed by atoms with van der Waals surface area (Å²) in [5, 5.41) is 4.21. The van der Waals surface area contributed by atoms with E-state index in [1.807, 2.05) is 0 Å². The Morgan fingerprint density at radius 3 is 3.06 bits per heavy atom. The van der Waals surface area contributed by atoms with Gasteiger partial charge in [-0.25, -0.2) is 4.68 Å². The second-order valence-corrected chi connectivity index (χ2v) is 5.38. The van der Waals surface area contributed by atoms with Crippen molar-refractivity contribution in [2.75, 3.05) is 7.11 Å². The second-order valence-electron chi connectivity index (χ2n) is 4.13. The zero-order valence-electron chi connectivity index (χ0n) is 9.23. The molecule has 0 aliphatic heterocycles. The molecule has 2 atom stereocenters. The Morgan fingerprint density at radius 1 is 1.56 bits per heavy atom. The van der Waals surface area contributed by atoms with Crippen LogP contribution in [0.4, 0.5) is 0 Å². The second kappa shape index (κ2) is 5.27. The first kappa shape index (κ1) is 12.0. The fourth-order valence-electron chi connectivity index (χ4n) is 2.23. The van der Waals surface area contributed by atoms with Gasteiger partial charge in [0.1, 0.15) is 0 Å². The zero-order valence-corrected chi connectivity index (χ0v) is 11.4. The van der Waals surface area contributed by atoms with Crippen molar-refractivity contribution in [2.45, 2.75) is 37.8 Å². The van der Waals surface area contributed by atoms with Crippen molar-refractivity contribution in [3.8, 4) is 0 Å². The molecule has 1 aromatic rings. The minimum Gasteiger partial charge on any atom is -0.381 e. The highest BCUT2D eigenvalue weighted by molar-refractivity contribution is 14.1. The quantitative estimate of drug-likeness (QED) is 0.777. The minimum atomic E-state index is -0.00588. The van der Waals surface area contributed by atoms with E-state index in [-0.39, 0.29) is 17.7 Å². The molecule has 0 spiro atoms. The molecular formula is C11H15IN2O2. The van der Waals surface area contributed by atoms with Gasteiger partial charge in [0.15, 0.2) is 0 Å². The average molecular weight is 334 g/mol. The van der Waals surface area contributed by atoms with Crippen LogP contribution in [0.3, 0.4) is 0 Å².